The minimum Gasteiger partial charge on any atom is -0.496 e. The van der Waals surface area contributed by atoms with Gasteiger partial charge in [-0.1, -0.05) is 17.7 Å². The number of thiocarbonyl (C=S) groups is 1. The van der Waals surface area contributed by atoms with Crippen molar-refractivity contribution in [3.8, 4) is 17.2 Å². The number of hydrogen-bond acceptors (Lipinski definition) is 4. The van der Waals surface area contributed by atoms with E-state index in [0.717, 1.165) is 16.8 Å². The van der Waals surface area contributed by atoms with Crippen LogP contribution in [-0.2, 0) is 6.54 Å². The highest BCUT2D eigenvalue weighted by Crippen LogP contribution is 2.34. The summed E-state index contributed by atoms with van der Waals surface area (Å²) in [5.41, 5.74) is 2.74. The van der Waals surface area contributed by atoms with Gasteiger partial charge in [0.25, 0.3) is 0 Å². The van der Waals surface area contributed by atoms with E-state index in [1.807, 2.05) is 31.2 Å². The van der Waals surface area contributed by atoms with Crippen LogP contribution in [0, 0.1) is 6.92 Å². The molecule has 0 aliphatic carbocycles. The third-order valence-corrected chi connectivity index (χ3v) is 4.31. The normalized spacial score (nSPS) is 10.1. The fourth-order valence-electron chi connectivity index (χ4n) is 2.25. The highest BCUT2D eigenvalue weighted by Gasteiger charge is 2.12. The third-order valence-electron chi connectivity index (χ3n) is 3.66. The number of halogens is 1. The largest absolute Gasteiger partial charge is 0.496 e. The number of hydrogen-bond donors (Lipinski definition) is 2. The van der Waals surface area contributed by atoms with Gasteiger partial charge in [0.1, 0.15) is 5.75 Å². The molecule has 2 aromatic rings. The molecule has 0 aromatic heterocycles. The highest BCUT2D eigenvalue weighted by atomic mass is 35.5. The highest BCUT2D eigenvalue weighted by molar-refractivity contribution is 7.80. The van der Waals surface area contributed by atoms with Crippen LogP contribution in [0.5, 0.6) is 17.2 Å². The lowest BCUT2D eigenvalue weighted by Gasteiger charge is -2.16. The molecule has 0 aliphatic rings. The summed E-state index contributed by atoms with van der Waals surface area (Å²) >= 11 is 11.5. The second kappa shape index (κ2) is 8.78. The Morgan fingerprint density at radius 1 is 1.00 bits per heavy atom. The first-order valence-electron chi connectivity index (χ1n) is 7.58. The van der Waals surface area contributed by atoms with Crippen LogP contribution in [0.2, 0.25) is 5.02 Å². The van der Waals surface area contributed by atoms with E-state index < -0.39 is 0 Å². The van der Waals surface area contributed by atoms with Gasteiger partial charge < -0.3 is 24.8 Å². The van der Waals surface area contributed by atoms with Crippen molar-refractivity contribution in [3.63, 3.8) is 0 Å². The maximum atomic E-state index is 6.13. The molecule has 2 N–H and O–H groups in total. The molecule has 0 radical (unpaired) electrons. The van der Waals surface area contributed by atoms with Gasteiger partial charge in [0.2, 0.25) is 0 Å². The molecule has 0 saturated carbocycles. The van der Waals surface area contributed by atoms with E-state index in [1.54, 1.807) is 27.4 Å². The van der Waals surface area contributed by atoms with Crippen molar-refractivity contribution in [1.82, 2.24) is 5.32 Å². The van der Waals surface area contributed by atoms with Crippen LogP contribution in [0.4, 0.5) is 5.69 Å². The van der Waals surface area contributed by atoms with E-state index in [1.165, 1.54) is 0 Å². The van der Waals surface area contributed by atoms with Gasteiger partial charge in [-0.2, -0.15) is 0 Å². The molecule has 0 atom stereocenters. The monoisotopic (exact) mass is 380 g/mol. The first-order valence-corrected chi connectivity index (χ1v) is 8.37. The molecule has 2 aromatic carbocycles. The van der Waals surface area contributed by atoms with Gasteiger partial charge in [0.05, 0.1) is 21.3 Å². The zero-order valence-corrected chi connectivity index (χ0v) is 16.2. The maximum Gasteiger partial charge on any atom is 0.171 e. The number of anilines is 1. The number of methoxy groups -OCH3 is 3. The van der Waals surface area contributed by atoms with Gasteiger partial charge in [-0.25, -0.2) is 0 Å². The maximum absolute atomic E-state index is 6.13. The molecule has 0 saturated heterocycles. The van der Waals surface area contributed by atoms with Crippen molar-refractivity contribution in [3.05, 3.63) is 46.5 Å². The van der Waals surface area contributed by atoms with Crippen molar-refractivity contribution in [2.45, 2.75) is 13.5 Å². The molecule has 0 fully saturated rings. The van der Waals surface area contributed by atoms with E-state index in [2.05, 4.69) is 10.6 Å². The van der Waals surface area contributed by atoms with Crippen LogP contribution >= 0.6 is 23.8 Å². The van der Waals surface area contributed by atoms with E-state index >= 15 is 0 Å². The second-order valence-electron chi connectivity index (χ2n) is 5.29. The smallest absolute Gasteiger partial charge is 0.171 e. The quantitative estimate of drug-likeness (QED) is 0.734. The van der Waals surface area contributed by atoms with Crippen molar-refractivity contribution in [2.24, 2.45) is 0 Å². The summed E-state index contributed by atoms with van der Waals surface area (Å²) in [7, 11) is 4.78. The average Bonchev–Trinajstić information content (AvgIpc) is 2.62. The Bertz CT molecular complexity index is 768. The summed E-state index contributed by atoms with van der Waals surface area (Å²) < 4.78 is 16.0. The molecule has 134 valence electrons. The summed E-state index contributed by atoms with van der Waals surface area (Å²) in [4.78, 5) is 0. The van der Waals surface area contributed by atoms with Crippen LogP contribution in [-0.4, -0.2) is 26.4 Å². The lowest BCUT2D eigenvalue weighted by Crippen LogP contribution is -2.28. The number of aryl methyl sites for hydroxylation is 1. The molecule has 25 heavy (non-hydrogen) atoms. The topological polar surface area (TPSA) is 51.8 Å². The van der Waals surface area contributed by atoms with Crippen molar-refractivity contribution >= 4 is 34.6 Å². The lowest BCUT2D eigenvalue weighted by atomic mass is 10.1. The Kier molecular flexibility index (Phi) is 6.73. The molecule has 0 amide bonds. The standard InChI is InChI=1S/C18H21ClN2O3S/c1-11-5-6-13(8-14(11)19)21-18(25)20-10-12-7-16(23-3)17(24-4)9-15(12)22-2/h5-9H,10H2,1-4H3,(H2,20,21,25). The van der Waals surface area contributed by atoms with Crippen LogP contribution in [0.15, 0.2) is 30.3 Å². The zero-order chi connectivity index (χ0) is 18.4. The Morgan fingerprint density at radius 3 is 2.24 bits per heavy atom. The van der Waals surface area contributed by atoms with Gasteiger partial charge in [-0.05, 0) is 42.9 Å². The number of rotatable bonds is 6. The Labute approximate surface area is 158 Å². The van der Waals surface area contributed by atoms with E-state index in [9.17, 15) is 0 Å². The Balaban J connectivity index is 2.06. The summed E-state index contributed by atoms with van der Waals surface area (Å²) in [5, 5.41) is 7.43. The molecule has 0 spiro atoms. The minimum absolute atomic E-state index is 0.467. The number of benzene rings is 2. The van der Waals surface area contributed by atoms with Crippen molar-refractivity contribution in [1.29, 1.82) is 0 Å². The fraction of sp³-hybridized carbons (Fsp3) is 0.278. The molecule has 0 aliphatic heterocycles. The van der Waals surface area contributed by atoms with E-state index in [-0.39, 0.29) is 0 Å². The van der Waals surface area contributed by atoms with Crippen LogP contribution in [0.25, 0.3) is 0 Å². The second-order valence-corrected chi connectivity index (χ2v) is 6.11. The SMILES string of the molecule is COc1cc(OC)c(OC)cc1CNC(=S)Nc1ccc(C)c(Cl)c1. The number of ether oxygens (including phenoxy) is 3. The molecule has 2 rings (SSSR count). The molecule has 0 bridgehead atoms. The van der Waals surface area contributed by atoms with Crippen LogP contribution in [0.1, 0.15) is 11.1 Å². The third kappa shape index (κ3) is 4.90. The molecular formula is C18H21ClN2O3S. The van der Waals surface area contributed by atoms with E-state index in [0.29, 0.717) is 33.9 Å². The predicted octanol–water partition coefficient (Wildman–Crippen LogP) is 4.16. The van der Waals surface area contributed by atoms with Crippen molar-refractivity contribution in [2.75, 3.05) is 26.6 Å². The average molecular weight is 381 g/mol. The van der Waals surface area contributed by atoms with Gasteiger partial charge in [0, 0.05) is 28.9 Å². The Morgan fingerprint density at radius 2 is 1.64 bits per heavy atom. The van der Waals surface area contributed by atoms with E-state index in [4.69, 9.17) is 38.0 Å². The minimum atomic E-state index is 0.467. The van der Waals surface area contributed by atoms with Crippen LogP contribution < -0.4 is 24.8 Å². The van der Waals surface area contributed by atoms with Crippen molar-refractivity contribution < 1.29 is 14.2 Å². The predicted molar refractivity (Wildman–Crippen MR) is 105 cm³/mol. The first kappa shape index (κ1) is 19.1. The summed E-state index contributed by atoms with van der Waals surface area (Å²) in [6.07, 6.45) is 0. The first-order chi connectivity index (χ1) is 12.0. The molecule has 0 unspecified atom stereocenters. The van der Waals surface area contributed by atoms with Crippen LogP contribution in [0.3, 0.4) is 0 Å². The molecular weight excluding hydrogens is 360 g/mol. The zero-order valence-electron chi connectivity index (χ0n) is 14.6. The molecule has 7 heteroatoms. The Hall–Kier alpha value is -2.18. The van der Waals surface area contributed by atoms with Gasteiger partial charge in [-0.3, -0.25) is 0 Å². The van der Waals surface area contributed by atoms with Gasteiger partial charge in [-0.15, -0.1) is 0 Å². The number of nitrogens with one attached hydrogen (secondary N) is 2. The van der Waals surface area contributed by atoms with Gasteiger partial charge >= 0.3 is 0 Å². The fourth-order valence-corrected chi connectivity index (χ4v) is 2.62. The molecule has 0 heterocycles. The molecule has 5 nitrogen and oxygen atoms in total. The summed E-state index contributed by atoms with van der Waals surface area (Å²) in [5.74, 6) is 1.92. The lowest BCUT2D eigenvalue weighted by molar-refractivity contribution is 0.347. The summed E-state index contributed by atoms with van der Waals surface area (Å²) in [6, 6.07) is 9.33. The summed E-state index contributed by atoms with van der Waals surface area (Å²) in [6.45, 7) is 2.42. The van der Waals surface area contributed by atoms with Gasteiger partial charge in [0.15, 0.2) is 16.6 Å².